The highest BCUT2D eigenvalue weighted by Gasteiger charge is 2.20. The molecule has 0 spiro atoms. The lowest BCUT2D eigenvalue weighted by Gasteiger charge is -2.13. The quantitative estimate of drug-likeness (QED) is 0.917. The van der Waals surface area contributed by atoms with Crippen molar-refractivity contribution in [3.05, 3.63) is 29.3 Å². The molecule has 0 radical (unpaired) electrons. The standard InChI is InChI=1S/C15H19NO3S/c1-5-19-12-8-10(6-7-11(12)18-4)14-16-13(9-20-14)15(2,3)17/h6-9,17H,5H2,1-4H3. The first-order valence-corrected chi connectivity index (χ1v) is 7.33. The number of nitrogens with zero attached hydrogens (tertiary/aromatic N) is 1. The minimum Gasteiger partial charge on any atom is -0.493 e. The maximum atomic E-state index is 9.97. The second-order valence-electron chi connectivity index (χ2n) is 4.90. The van der Waals surface area contributed by atoms with E-state index in [0.717, 1.165) is 10.6 Å². The first-order chi connectivity index (χ1) is 9.45. The van der Waals surface area contributed by atoms with Crippen LogP contribution < -0.4 is 9.47 Å². The van der Waals surface area contributed by atoms with Gasteiger partial charge in [-0.2, -0.15) is 0 Å². The summed E-state index contributed by atoms with van der Waals surface area (Å²) in [6.45, 7) is 5.96. The molecule has 0 bridgehead atoms. The first-order valence-electron chi connectivity index (χ1n) is 6.45. The van der Waals surface area contributed by atoms with E-state index in [1.807, 2.05) is 30.5 Å². The summed E-state index contributed by atoms with van der Waals surface area (Å²) in [5, 5.41) is 12.7. The average molecular weight is 293 g/mol. The molecular weight excluding hydrogens is 274 g/mol. The van der Waals surface area contributed by atoms with Crippen LogP contribution in [0.5, 0.6) is 11.5 Å². The van der Waals surface area contributed by atoms with Crippen molar-refractivity contribution >= 4 is 11.3 Å². The molecular formula is C15H19NO3S. The molecule has 1 N–H and O–H groups in total. The van der Waals surface area contributed by atoms with Gasteiger partial charge in [-0.3, -0.25) is 0 Å². The molecule has 1 aromatic carbocycles. The number of rotatable bonds is 5. The Kier molecular flexibility index (Phi) is 4.30. The molecule has 20 heavy (non-hydrogen) atoms. The minimum atomic E-state index is -0.927. The topological polar surface area (TPSA) is 51.6 Å². The molecule has 0 unspecified atom stereocenters. The van der Waals surface area contributed by atoms with Gasteiger partial charge in [-0.25, -0.2) is 4.98 Å². The van der Waals surface area contributed by atoms with Gasteiger partial charge >= 0.3 is 0 Å². The molecule has 0 aliphatic heterocycles. The van der Waals surface area contributed by atoms with E-state index < -0.39 is 5.60 Å². The average Bonchev–Trinajstić information content (AvgIpc) is 2.88. The smallest absolute Gasteiger partial charge is 0.161 e. The second kappa shape index (κ2) is 5.81. The third-order valence-electron chi connectivity index (χ3n) is 2.84. The van der Waals surface area contributed by atoms with E-state index in [9.17, 15) is 5.11 Å². The second-order valence-corrected chi connectivity index (χ2v) is 5.75. The van der Waals surface area contributed by atoms with Gasteiger partial charge in [-0.1, -0.05) is 0 Å². The van der Waals surface area contributed by atoms with Gasteiger partial charge in [-0.15, -0.1) is 11.3 Å². The van der Waals surface area contributed by atoms with Crippen molar-refractivity contribution < 1.29 is 14.6 Å². The summed E-state index contributed by atoms with van der Waals surface area (Å²) in [5.41, 5.74) is 0.699. The molecule has 0 atom stereocenters. The molecule has 0 aliphatic rings. The van der Waals surface area contributed by atoms with Gasteiger partial charge in [0, 0.05) is 10.9 Å². The molecule has 1 aromatic heterocycles. The number of thiazole rings is 1. The van der Waals surface area contributed by atoms with Gasteiger partial charge in [0.25, 0.3) is 0 Å². The van der Waals surface area contributed by atoms with Crippen LogP contribution in [0.15, 0.2) is 23.6 Å². The Balaban J connectivity index is 2.37. The minimum absolute atomic E-state index is 0.576. The van der Waals surface area contributed by atoms with Crippen LogP contribution in [0.3, 0.4) is 0 Å². The predicted molar refractivity (Wildman–Crippen MR) is 80.5 cm³/mol. The van der Waals surface area contributed by atoms with Crippen molar-refractivity contribution in [3.8, 4) is 22.1 Å². The van der Waals surface area contributed by atoms with Crippen LogP contribution in [-0.4, -0.2) is 23.8 Å². The third-order valence-corrected chi connectivity index (χ3v) is 3.73. The van der Waals surface area contributed by atoms with E-state index >= 15 is 0 Å². The Labute approximate surface area is 123 Å². The van der Waals surface area contributed by atoms with E-state index in [4.69, 9.17) is 9.47 Å². The van der Waals surface area contributed by atoms with Gasteiger partial charge in [0.15, 0.2) is 11.5 Å². The molecule has 0 amide bonds. The zero-order valence-electron chi connectivity index (χ0n) is 12.1. The van der Waals surface area contributed by atoms with Crippen molar-refractivity contribution in [2.24, 2.45) is 0 Å². The number of aliphatic hydroxyl groups is 1. The Morgan fingerprint density at radius 1 is 1.30 bits per heavy atom. The third kappa shape index (κ3) is 3.11. The van der Waals surface area contributed by atoms with Gasteiger partial charge in [0.2, 0.25) is 0 Å². The van der Waals surface area contributed by atoms with Crippen molar-refractivity contribution in [1.82, 2.24) is 4.98 Å². The fraction of sp³-hybridized carbons (Fsp3) is 0.400. The number of ether oxygens (including phenoxy) is 2. The number of hydrogen-bond donors (Lipinski definition) is 1. The van der Waals surface area contributed by atoms with E-state index in [-0.39, 0.29) is 0 Å². The fourth-order valence-corrected chi connectivity index (χ4v) is 2.74. The first kappa shape index (κ1) is 14.8. The number of methoxy groups -OCH3 is 1. The molecule has 4 nitrogen and oxygen atoms in total. The van der Waals surface area contributed by atoms with Crippen LogP contribution in [0.2, 0.25) is 0 Å². The summed E-state index contributed by atoms with van der Waals surface area (Å²) in [7, 11) is 1.62. The molecule has 5 heteroatoms. The molecule has 0 aliphatic carbocycles. The molecule has 2 rings (SSSR count). The van der Waals surface area contributed by atoms with E-state index in [1.165, 1.54) is 11.3 Å². The lowest BCUT2D eigenvalue weighted by Crippen LogP contribution is -2.15. The Bertz CT molecular complexity index is 587. The van der Waals surface area contributed by atoms with Crippen molar-refractivity contribution in [3.63, 3.8) is 0 Å². The zero-order valence-corrected chi connectivity index (χ0v) is 13.0. The Morgan fingerprint density at radius 3 is 2.60 bits per heavy atom. The maximum Gasteiger partial charge on any atom is 0.161 e. The molecule has 0 saturated heterocycles. The van der Waals surface area contributed by atoms with Crippen LogP contribution in [0, 0.1) is 0 Å². The van der Waals surface area contributed by atoms with Gasteiger partial charge in [-0.05, 0) is 39.0 Å². The molecule has 0 saturated carbocycles. The van der Waals surface area contributed by atoms with Gasteiger partial charge in [0.05, 0.1) is 19.4 Å². The number of hydrogen-bond acceptors (Lipinski definition) is 5. The highest BCUT2D eigenvalue weighted by molar-refractivity contribution is 7.13. The SMILES string of the molecule is CCOc1cc(-c2nc(C(C)(C)O)cs2)ccc1OC. The molecule has 108 valence electrons. The van der Waals surface area contributed by atoms with Crippen molar-refractivity contribution in [2.45, 2.75) is 26.4 Å². The summed E-state index contributed by atoms with van der Waals surface area (Å²) in [5.74, 6) is 1.40. The van der Waals surface area contributed by atoms with Crippen molar-refractivity contribution in [2.75, 3.05) is 13.7 Å². The largest absolute Gasteiger partial charge is 0.493 e. The summed E-state index contributed by atoms with van der Waals surface area (Å²) < 4.78 is 10.8. The number of aromatic nitrogens is 1. The van der Waals surface area contributed by atoms with Gasteiger partial charge in [0.1, 0.15) is 10.6 Å². The van der Waals surface area contributed by atoms with Crippen LogP contribution in [0.25, 0.3) is 10.6 Å². The molecule has 1 heterocycles. The predicted octanol–water partition coefficient (Wildman–Crippen LogP) is 3.44. The Hall–Kier alpha value is -1.59. The monoisotopic (exact) mass is 293 g/mol. The Morgan fingerprint density at radius 2 is 2.05 bits per heavy atom. The summed E-state index contributed by atoms with van der Waals surface area (Å²) in [6, 6.07) is 5.72. The zero-order chi connectivity index (χ0) is 14.8. The lowest BCUT2D eigenvalue weighted by molar-refractivity contribution is 0.0746. The van der Waals surface area contributed by atoms with Crippen LogP contribution in [0.1, 0.15) is 26.5 Å². The van der Waals surface area contributed by atoms with Crippen LogP contribution in [0.4, 0.5) is 0 Å². The lowest BCUT2D eigenvalue weighted by atomic mass is 10.1. The molecule has 2 aromatic rings. The fourth-order valence-electron chi connectivity index (χ4n) is 1.77. The van der Waals surface area contributed by atoms with Crippen LogP contribution >= 0.6 is 11.3 Å². The van der Waals surface area contributed by atoms with Gasteiger partial charge < -0.3 is 14.6 Å². The summed E-state index contributed by atoms with van der Waals surface area (Å²) >= 11 is 1.50. The van der Waals surface area contributed by atoms with Crippen molar-refractivity contribution in [1.29, 1.82) is 0 Å². The van der Waals surface area contributed by atoms with Crippen LogP contribution in [-0.2, 0) is 5.60 Å². The van der Waals surface area contributed by atoms with E-state index in [2.05, 4.69) is 4.98 Å². The summed E-state index contributed by atoms with van der Waals surface area (Å²) in [6.07, 6.45) is 0. The van der Waals surface area contributed by atoms with E-state index in [1.54, 1.807) is 21.0 Å². The van der Waals surface area contributed by atoms with E-state index in [0.29, 0.717) is 23.8 Å². The highest BCUT2D eigenvalue weighted by Crippen LogP contribution is 2.35. The normalized spacial score (nSPS) is 11.4. The summed E-state index contributed by atoms with van der Waals surface area (Å²) in [4.78, 5) is 4.48. The molecule has 0 fully saturated rings. The number of benzene rings is 1. The highest BCUT2D eigenvalue weighted by atomic mass is 32.1. The maximum absolute atomic E-state index is 9.97.